The van der Waals surface area contributed by atoms with E-state index in [1.807, 2.05) is 0 Å². The number of piperidine rings is 1. The number of amides is 2. The van der Waals surface area contributed by atoms with Gasteiger partial charge in [-0.1, -0.05) is 0 Å². The summed E-state index contributed by atoms with van der Waals surface area (Å²) in [5.41, 5.74) is 5.94. The third kappa shape index (κ3) is 3.36. The fraction of sp³-hybridized carbons (Fsp3) is 0.615. The molecule has 1 fully saturated rings. The number of nitrogens with one attached hydrogen (secondary N) is 1. The Morgan fingerprint density at radius 2 is 2.35 bits per heavy atom. The second-order valence-electron chi connectivity index (χ2n) is 5.07. The monoisotopic (exact) mass is 279 g/mol. The van der Waals surface area contributed by atoms with Gasteiger partial charge in [0.2, 0.25) is 5.91 Å². The zero-order chi connectivity index (χ0) is 14.5. The molecule has 2 amide bonds. The zero-order valence-electron chi connectivity index (χ0n) is 11.7. The Labute approximate surface area is 118 Å². The Kier molecular flexibility index (Phi) is 4.73. The first-order valence-corrected chi connectivity index (χ1v) is 6.87. The molecule has 3 N–H and O–H groups in total. The SMILES string of the molecule is Cn1cc(C(=O)N2CCCC(C(=O)NCCN)C2)cn1. The lowest BCUT2D eigenvalue weighted by Gasteiger charge is -2.31. The summed E-state index contributed by atoms with van der Waals surface area (Å²) in [5.74, 6) is -0.218. The van der Waals surface area contributed by atoms with E-state index in [0.717, 1.165) is 12.8 Å². The minimum absolute atomic E-state index is 0.0147. The molecule has 7 heteroatoms. The molecule has 1 aliphatic heterocycles. The van der Waals surface area contributed by atoms with Crippen LogP contribution in [0.2, 0.25) is 0 Å². The van der Waals surface area contributed by atoms with Gasteiger partial charge in [0.15, 0.2) is 0 Å². The number of rotatable bonds is 4. The lowest BCUT2D eigenvalue weighted by Crippen LogP contribution is -2.46. The van der Waals surface area contributed by atoms with E-state index < -0.39 is 0 Å². The molecule has 0 aliphatic carbocycles. The first kappa shape index (κ1) is 14.5. The molecule has 1 aromatic heterocycles. The fourth-order valence-corrected chi connectivity index (χ4v) is 2.43. The molecule has 0 spiro atoms. The van der Waals surface area contributed by atoms with Crippen LogP contribution in [0.1, 0.15) is 23.2 Å². The van der Waals surface area contributed by atoms with Crippen LogP contribution in [-0.4, -0.2) is 52.7 Å². The van der Waals surface area contributed by atoms with Crippen LogP contribution in [-0.2, 0) is 11.8 Å². The summed E-state index contributed by atoms with van der Waals surface area (Å²) >= 11 is 0. The number of carbonyl (C=O) groups excluding carboxylic acids is 2. The van der Waals surface area contributed by atoms with E-state index in [-0.39, 0.29) is 17.7 Å². The van der Waals surface area contributed by atoms with Crippen molar-refractivity contribution < 1.29 is 9.59 Å². The number of nitrogens with zero attached hydrogens (tertiary/aromatic N) is 3. The molecule has 1 saturated heterocycles. The molecule has 1 unspecified atom stereocenters. The van der Waals surface area contributed by atoms with Gasteiger partial charge in [-0.3, -0.25) is 14.3 Å². The van der Waals surface area contributed by atoms with Crippen LogP contribution in [0.3, 0.4) is 0 Å². The highest BCUT2D eigenvalue weighted by Gasteiger charge is 2.29. The van der Waals surface area contributed by atoms with Gasteiger partial charge in [0, 0.05) is 39.4 Å². The van der Waals surface area contributed by atoms with Crippen LogP contribution in [0.25, 0.3) is 0 Å². The van der Waals surface area contributed by atoms with Crippen molar-refractivity contribution in [3.8, 4) is 0 Å². The Hall–Kier alpha value is -1.89. The molecule has 0 bridgehead atoms. The number of hydrogen-bond donors (Lipinski definition) is 2. The summed E-state index contributed by atoms with van der Waals surface area (Å²) in [6.07, 6.45) is 4.90. The van der Waals surface area contributed by atoms with Gasteiger partial charge >= 0.3 is 0 Å². The van der Waals surface area contributed by atoms with Gasteiger partial charge < -0.3 is 16.0 Å². The van der Waals surface area contributed by atoms with Gasteiger partial charge in [-0.15, -0.1) is 0 Å². The molecule has 0 radical (unpaired) electrons. The number of carbonyl (C=O) groups is 2. The van der Waals surface area contributed by atoms with Crippen LogP contribution in [0.5, 0.6) is 0 Å². The first-order chi connectivity index (χ1) is 9.61. The molecular weight excluding hydrogens is 258 g/mol. The van der Waals surface area contributed by atoms with Gasteiger partial charge in [-0.2, -0.15) is 5.10 Å². The molecule has 2 heterocycles. The van der Waals surface area contributed by atoms with Crippen molar-refractivity contribution in [1.82, 2.24) is 20.0 Å². The number of hydrogen-bond acceptors (Lipinski definition) is 4. The van der Waals surface area contributed by atoms with Gasteiger partial charge in [-0.25, -0.2) is 0 Å². The predicted octanol–water partition coefficient (Wildman–Crippen LogP) is -0.653. The highest BCUT2D eigenvalue weighted by atomic mass is 16.2. The van der Waals surface area contributed by atoms with E-state index in [1.165, 1.54) is 0 Å². The van der Waals surface area contributed by atoms with Crippen LogP contribution in [0.4, 0.5) is 0 Å². The minimum atomic E-state index is -0.143. The average molecular weight is 279 g/mol. The summed E-state index contributed by atoms with van der Waals surface area (Å²) < 4.78 is 1.60. The van der Waals surface area contributed by atoms with Gasteiger partial charge in [0.1, 0.15) is 0 Å². The molecule has 1 aliphatic rings. The highest BCUT2D eigenvalue weighted by molar-refractivity contribution is 5.94. The van der Waals surface area contributed by atoms with Crippen molar-refractivity contribution in [3.05, 3.63) is 18.0 Å². The maximum absolute atomic E-state index is 12.3. The van der Waals surface area contributed by atoms with Crippen LogP contribution < -0.4 is 11.1 Å². The van der Waals surface area contributed by atoms with E-state index in [4.69, 9.17) is 5.73 Å². The topological polar surface area (TPSA) is 93.2 Å². The summed E-state index contributed by atoms with van der Waals surface area (Å²) in [5, 5.41) is 6.79. The Balaban J connectivity index is 1.96. The summed E-state index contributed by atoms with van der Waals surface area (Å²) in [7, 11) is 1.77. The van der Waals surface area contributed by atoms with E-state index in [1.54, 1.807) is 29.0 Å². The van der Waals surface area contributed by atoms with Crippen LogP contribution in [0, 0.1) is 5.92 Å². The molecule has 110 valence electrons. The molecular formula is C13H21N5O2. The molecule has 7 nitrogen and oxygen atoms in total. The number of nitrogens with two attached hydrogens (primary N) is 1. The fourth-order valence-electron chi connectivity index (χ4n) is 2.43. The number of likely N-dealkylation sites (tertiary alicyclic amines) is 1. The quantitative estimate of drug-likeness (QED) is 0.765. The summed E-state index contributed by atoms with van der Waals surface area (Å²) in [6.45, 7) is 2.06. The van der Waals surface area contributed by atoms with Gasteiger partial charge in [0.25, 0.3) is 5.91 Å². The van der Waals surface area contributed by atoms with E-state index in [2.05, 4.69) is 10.4 Å². The molecule has 20 heavy (non-hydrogen) atoms. The van der Waals surface area contributed by atoms with Crippen molar-refractivity contribution in [2.45, 2.75) is 12.8 Å². The lowest BCUT2D eigenvalue weighted by molar-refractivity contribution is -0.126. The number of aromatic nitrogens is 2. The van der Waals surface area contributed by atoms with Crippen molar-refractivity contribution in [1.29, 1.82) is 0 Å². The van der Waals surface area contributed by atoms with Crippen molar-refractivity contribution in [2.24, 2.45) is 18.7 Å². The Bertz CT molecular complexity index is 485. The standard InChI is InChI=1S/C13H21N5O2/c1-17-8-11(7-16-17)13(20)18-6-2-3-10(9-18)12(19)15-5-4-14/h7-8,10H,2-6,9,14H2,1H3,(H,15,19). The Morgan fingerprint density at radius 1 is 1.55 bits per heavy atom. The maximum Gasteiger partial charge on any atom is 0.257 e. The third-order valence-corrected chi connectivity index (χ3v) is 3.47. The number of aryl methyl sites for hydroxylation is 1. The van der Waals surface area contributed by atoms with E-state index >= 15 is 0 Å². The minimum Gasteiger partial charge on any atom is -0.355 e. The second-order valence-corrected chi connectivity index (χ2v) is 5.07. The van der Waals surface area contributed by atoms with Crippen molar-refractivity contribution in [2.75, 3.05) is 26.2 Å². The largest absolute Gasteiger partial charge is 0.355 e. The highest BCUT2D eigenvalue weighted by Crippen LogP contribution is 2.18. The van der Waals surface area contributed by atoms with E-state index in [0.29, 0.717) is 31.7 Å². The average Bonchev–Trinajstić information content (AvgIpc) is 2.90. The summed E-state index contributed by atoms with van der Waals surface area (Å²) in [4.78, 5) is 26.0. The van der Waals surface area contributed by atoms with Crippen molar-refractivity contribution in [3.63, 3.8) is 0 Å². The molecule has 1 aromatic rings. The summed E-state index contributed by atoms with van der Waals surface area (Å²) in [6, 6.07) is 0. The second kappa shape index (κ2) is 6.51. The molecule has 1 atom stereocenters. The Morgan fingerprint density at radius 3 is 3.00 bits per heavy atom. The predicted molar refractivity (Wildman–Crippen MR) is 73.9 cm³/mol. The van der Waals surface area contributed by atoms with Crippen LogP contribution in [0.15, 0.2) is 12.4 Å². The van der Waals surface area contributed by atoms with Gasteiger partial charge in [-0.05, 0) is 12.8 Å². The molecule has 0 saturated carbocycles. The normalized spacial score (nSPS) is 18.9. The zero-order valence-corrected chi connectivity index (χ0v) is 11.7. The smallest absolute Gasteiger partial charge is 0.257 e. The van der Waals surface area contributed by atoms with E-state index in [9.17, 15) is 9.59 Å². The molecule has 2 rings (SSSR count). The maximum atomic E-state index is 12.3. The first-order valence-electron chi connectivity index (χ1n) is 6.87. The molecule has 0 aromatic carbocycles. The van der Waals surface area contributed by atoms with Gasteiger partial charge in [0.05, 0.1) is 17.7 Å². The van der Waals surface area contributed by atoms with Crippen LogP contribution >= 0.6 is 0 Å². The third-order valence-electron chi connectivity index (χ3n) is 3.47. The van der Waals surface area contributed by atoms with Crippen molar-refractivity contribution >= 4 is 11.8 Å². The lowest BCUT2D eigenvalue weighted by atomic mass is 9.96.